The van der Waals surface area contributed by atoms with Gasteiger partial charge < -0.3 is 15.2 Å². The Hall–Kier alpha value is -1.71. The predicted octanol–water partition coefficient (Wildman–Crippen LogP) is 2.75. The maximum absolute atomic E-state index is 11.4. The van der Waals surface area contributed by atoms with Crippen molar-refractivity contribution in [2.75, 3.05) is 12.4 Å². The molecular formula is C14H19NO3. The molecule has 2 N–H and O–H groups in total. The van der Waals surface area contributed by atoms with Gasteiger partial charge in [-0.05, 0) is 30.9 Å². The lowest BCUT2D eigenvalue weighted by atomic mass is 9.98. The molecule has 0 amide bonds. The topological polar surface area (TPSA) is 58.6 Å². The van der Waals surface area contributed by atoms with Gasteiger partial charge in [-0.15, -0.1) is 0 Å². The molecular weight excluding hydrogens is 230 g/mol. The Kier molecular flexibility index (Phi) is 4.07. The number of aliphatic carboxylic acids is 1. The van der Waals surface area contributed by atoms with Crippen LogP contribution in [-0.2, 0) is 4.79 Å². The van der Waals surface area contributed by atoms with Crippen molar-refractivity contribution in [3.8, 4) is 5.75 Å². The highest BCUT2D eigenvalue weighted by Gasteiger charge is 2.30. The Morgan fingerprint density at radius 3 is 2.78 bits per heavy atom. The van der Waals surface area contributed by atoms with Crippen LogP contribution in [0.3, 0.4) is 0 Å². The molecule has 18 heavy (non-hydrogen) atoms. The van der Waals surface area contributed by atoms with E-state index in [-0.39, 0.29) is 5.92 Å². The molecule has 4 nitrogen and oxygen atoms in total. The number of hydrogen-bond acceptors (Lipinski definition) is 3. The average Bonchev–Trinajstić information content (AvgIpc) is 2.89. The van der Waals surface area contributed by atoms with E-state index in [1.54, 1.807) is 7.11 Å². The van der Waals surface area contributed by atoms with Crippen molar-refractivity contribution in [3.63, 3.8) is 0 Å². The molecule has 0 radical (unpaired) electrons. The van der Waals surface area contributed by atoms with Crippen molar-refractivity contribution in [3.05, 3.63) is 24.3 Å². The SMILES string of the molecule is COc1cccc(N[C@H](C(=O)O)C2CCCC2)c1. The zero-order valence-electron chi connectivity index (χ0n) is 10.6. The molecule has 1 aromatic carbocycles. The maximum atomic E-state index is 11.4. The summed E-state index contributed by atoms with van der Waals surface area (Å²) >= 11 is 0. The summed E-state index contributed by atoms with van der Waals surface area (Å²) in [4.78, 5) is 11.4. The van der Waals surface area contributed by atoms with Crippen LogP contribution < -0.4 is 10.1 Å². The minimum Gasteiger partial charge on any atom is -0.497 e. The Balaban J connectivity index is 2.10. The van der Waals surface area contributed by atoms with Gasteiger partial charge in [-0.1, -0.05) is 18.9 Å². The number of carbonyl (C=O) groups is 1. The Morgan fingerprint density at radius 1 is 1.44 bits per heavy atom. The highest BCUT2D eigenvalue weighted by molar-refractivity contribution is 5.78. The molecule has 1 saturated carbocycles. The summed E-state index contributed by atoms with van der Waals surface area (Å²) in [5.74, 6) is 0.189. The van der Waals surface area contributed by atoms with E-state index in [1.807, 2.05) is 24.3 Å². The monoisotopic (exact) mass is 249 g/mol. The largest absolute Gasteiger partial charge is 0.497 e. The van der Waals surface area contributed by atoms with Crippen molar-refractivity contribution >= 4 is 11.7 Å². The lowest BCUT2D eigenvalue weighted by Gasteiger charge is -2.21. The molecule has 1 fully saturated rings. The summed E-state index contributed by atoms with van der Waals surface area (Å²) in [7, 11) is 1.60. The standard InChI is InChI=1S/C14H19NO3/c1-18-12-8-4-7-11(9-12)15-13(14(16)17)10-5-2-3-6-10/h4,7-10,13,15H,2-3,5-6H2,1H3,(H,16,17)/t13-/m0/s1. The molecule has 0 unspecified atom stereocenters. The number of anilines is 1. The first-order valence-corrected chi connectivity index (χ1v) is 6.34. The fourth-order valence-corrected chi connectivity index (χ4v) is 2.56. The summed E-state index contributed by atoms with van der Waals surface area (Å²) in [6.45, 7) is 0. The number of ether oxygens (including phenoxy) is 1. The quantitative estimate of drug-likeness (QED) is 0.842. The van der Waals surface area contributed by atoms with E-state index in [0.717, 1.165) is 37.1 Å². The summed E-state index contributed by atoms with van der Waals surface area (Å²) in [6, 6.07) is 6.89. The van der Waals surface area contributed by atoms with Crippen molar-refractivity contribution in [1.29, 1.82) is 0 Å². The molecule has 0 spiro atoms. The second kappa shape index (κ2) is 5.76. The van der Waals surface area contributed by atoms with E-state index in [9.17, 15) is 9.90 Å². The van der Waals surface area contributed by atoms with Gasteiger partial charge in [0.25, 0.3) is 0 Å². The van der Waals surface area contributed by atoms with Crippen LogP contribution in [0.4, 0.5) is 5.69 Å². The van der Waals surface area contributed by atoms with Crippen LogP contribution >= 0.6 is 0 Å². The van der Waals surface area contributed by atoms with Gasteiger partial charge in [0.15, 0.2) is 0 Å². The van der Waals surface area contributed by atoms with Gasteiger partial charge in [0.2, 0.25) is 0 Å². The molecule has 1 atom stereocenters. The average molecular weight is 249 g/mol. The highest BCUT2D eigenvalue weighted by Crippen LogP contribution is 2.30. The van der Waals surface area contributed by atoms with E-state index in [1.165, 1.54) is 0 Å². The van der Waals surface area contributed by atoms with Gasteiger partial charge in [0, 0.05) is 11.8 Å². The van der Waals surface area contributed by atoms with Gasteiger partial charge in [0.05, 0.1) is 7.11 Å². The number of methoxy groups -OCH3 is 1. The third kappa shape index (κ3) is 2.94. The van der Waals surface area contributed by atoms with Crippen molar-refractivity contribution in [2.24, 2.45) is 5.92 Å². The zero-order valence-corrected chi connectivity index (χ0v) is 10.6. The minimum absolute atomic E-state index is 0.230. The first-order chi connectivity index (χ1) is 8.70. The van der Waals surface area contributed by atoms with Gasteiger partial charge in [-0.2, -0.15) is 0 Å². The Labute approximate surface area is 107 Å². The molecule has 0 heterocycles. The van der Waals surface area contributed by atoms with Crippen LogP contribution in [0.15, 0.2) is 24.3 Å². The number of hydrogen-bond donors (Lipinski definition) is 2. The second-order valence-electron chi connectivity index (χ2n) is 4.74. The first-order valence-electron chi connectivity index (χ1n) is 6.34. The van der Waals surface area contributed by atoms with Crippen molar-refractivity contribution in [2.45, 2.75) is 31.7 Å². The van der Waals surface area contributed by atoms with Crippen LogP contribution in [0.25, 0.3) is 0 Å². The minimum atomic E-state index is -0.773. The highest BCUT2D eigenvalue weighted by atomic mass is 16.5. The third-order valence-corrected chi connectivity index (χ3v) is 3.53. The fourth-order valence-electron chi connectivity index (χ4n) is 2.56. The lowest BCUT2D eigenvalue weighted by molar-refractivity contribution is -0.139. The van der Waals surface area contributed by atoms with Crippen LogP contribution in [-0.4, -0.2) is 24.2 Å². The molecule has 0 aromatic heterocycles. The van der Waals surface area contributed by atoms with E-state index in [4.69, 9.17) is 4.74 Å². The number of nitrogens with one attached hydrogen (secondary N) is 1. The molecule has 0 bridgehead atoms. The molecule has 1 aromatic rings. The van der Waals surface area contributed by atoms with Crippen LogP contribution in [0.5, 0.6) is 5.75 Å². The number of carboxylic acids is 1. The number of carboxylic acid groups (broad SMARTS) is 1. The summed E-state index contributed by atoms with van der Waals surface area (Å²) in [6.07, 6.45) is 4.25. The summed E-state index contributed by atoms with van der Waals surface area (Å²) in [5, 5.41) is 12.4. The molecule has 0 saturated heterocycles. The van der Waals surface area contributed by atoms with E-state index in [0.29, 0.717) is 0 Å². The summed E-state index contributed by atoms with van der Waals surface area (Å²) < 4.78 is 5.13. The van der Waals surface area contributed by atoms with Gasteiger partial charge >= 0.3 is 5.97 Å². The first kappa shape index (κ1) is 12.7. The molecule has 4 heteroatoms. The molecule has 1 aliphatic carbocycles. The van der Waals surface area contributed by atoms with Gasteiger partial charge in [-0.25, -0.2) is 4.79 Å². The second-order valence-corrected chi connectivity index (χ2v) is 4.74. The fraction of sp³-hybridized carbons (Fsp3) is 0.500. The third-order valence-electron chi connectivity index (χ3n) is 3.53. The van der Waals surface area contributed by atoms with Crippen LogP contribution in [0, 0.1) is 5.92 Å². The Bertz CT molecular complexity index is 413. The predicted molar refractivity (Wildman–Crippen MR) is 70.0 cm³/mol. The van der Waals surface area contributed by atoms with Crippen molar-refractivity contribution < 1.29 is 14.6 Å². The van der Waals surface area contributed by atoms with Crippen LogP contribution in [0.2, 0.25) is 0 Å². The van der Waals surface area contributed by atoms with Crippen molar-refractivity contribution in [1.82, 2.24) is 0 Å². The van der Waals surface area contributed by atoms with Gasteiger partial charge in [-0.3, -0.25) is 0 Å². The number of benzene rings is 1. The molecule has 2 rings (SSSR count). The Morgan fingerprint density at radius 2 is 2.17 bits per heavy atom. The molecule has 98 valence electrons. The maximum Gasteiger partial charge on any atom is 0.326 e. The summed E-state index contributed by atoms with van der Waals surface area (Å²) in [5.41, 5.74) is 0.800. The van der Waals surface area contributed by atoms with Crippen LogP contribution in [0.1, 0.15) is 25.7 Å². The molecule has 0 aliphatic heterocycles. The smallest absolute Gasteiger partial charge is 0.326 e. The molecule has 1 aliphatic rings. The number of rotatable bonds is 5. The zero-order chi connectivity index (χ0) is 13.0. The normalized spacial score (nSPS) is 17.4. The van der Waals surface area contributed by atoms with E-state index < -0.39 is 12.0 Å². The lowest BCUT2D eigenvalue weighted by Crippen LogP contribution is -2.35. The van der Waals surface area contributed by atoms with Gasteiger partial charge in [0.1, 0.15) is 11.8 Å². The van der Waals surface area contributed by atoms with E-state index in [2.05, 4.69) is 5.32 Å². The van der Waals surface area contributed by atoms with E-state index >= 15 is 0 Å².